The number of hydrogen-bond acceptors (Lipinski definition) is 3. The van der Waals surface area contributed by atoms with Crippen molar-refractivity contribution in [2.75, 3.05) is 13.0 Å². The summed E-state index contributed by atoms with van der Waals surface area (Å²) in [4.78, 5) is 11.8. The van der Waals surface area contributed by atoms with Gasteiger partial charge >= 0.3 is 5.97 Å². The number of rotatable bonds is 6. The van der Waals surface area contributed by atoms with Crippen LogP contribution in [0.2, 0.25) is 0 Å². The first kappa shape index (κ1) is 15.7. The molecule has 6 heteroatoms. The van der Waals surface area contributed by atoms with Crippen LogP contribution in [0.25, 0.3) is 10.8 Å². The maximum absolute atomic E-state index is 13.2. The average molecular weight is 312 g/mol. The molecule has 2 rings (SSSR count). The minimum atomic E-state index is -2.98. The minimum Gasteiger partial charge on any atom is -0.481 e. The molecule has 0 bridgehead atoms. The molecule has 2 aromatic rings. The highest BCUT2D eigenvalue weighted by molar-refractivity contribution is 7.99. The van der Waals surface area contributed by atoms with Crippen LogP contribution >= 0.6 is 11.8 Å². The molecule has 0 fully saturated rings. The van der Waals surface area contributed by atoms with Crippen molar-refractivity contribution in [2.45, 2.75) is 17.2 Å². The van der Waals surface area contributed by atoms with Gasteiger partial charge in [-0.05, 0) is 22.4 Å². The molecule has 0 aliphatic carbocycles. The summed E-state index contributed by atoms with van der Waals surface area (Å²) in [5.74, 6) is -3.11. The largest absolute Gasteiger partial charge is 0.481 e. The van der Waals surface area contributed by atoms with Gasteiger partial charge in [0, 0.05) is 12.0 Å². The summed E-state index contributed by atoms with van der Waals surface area (Å²) < 4.78 is 31.4. The van der Waals surface area contributed by atoms with E-state index in [0.717, 1.165) is 5.39 Å². The zero-order valence-electron chi connectivity index (χ0n) is 11.3. The van der Waals surface area contributed by atoms with E-state index in [1.165, 1.54) is 18.9 Å². The predicted octanol–water partition coefficient (Wildman–Crippen LogP) is 3.97. The first-order valence-corrected chi connectivity index (χ1v) is 7.19. The Morgan fingerprint density at radius 1 is 1.29 bits per heavy atom. The van der Waals surface area contributed by atoms with Crippen molar-refractivity contribution in [2.24, 2.45) is 0 Å². The van der Waals surface area contributed by atoms with Crippen molar-refractivity contribution in [3.8, 4) is 0 Å². The molecule has 112 valence electrons. The Morgan fingerprint density at radius 2 is 2.00 bits per heavy atom. The molecular weight excluding hydrogens is 298 g/mol. The zero-order chi connectivity index (χ0) is 15.4. The van der Waals surface area contributed by atoms with Crippen LogP contribution in [-0.4, -0.2) is 30.5 Å². The molecule has 0 amide bonds. The SMILES string of the molecule is COCSc1ccc2ccccc2c1C(C(=O)O)C(F)F. The number of fused-ring (bicyclic) bond motifs is 1. The second kappa shape index (κ2) is 6.87. The number of hydrogen-bond donors (Lipinski definition) is 1. The van der Waals surface area contributed by atoms with Gasteiger partial charge in [0.15, 0.2) is 0 Å². The van der Waals surface area contributed by atoms with E-state index in [1.54, 1.807) is 36.4 Å². The smallest absolute Gasteiger partial charge is 0.316 e. The molecule has 1 N–H and O–H groups in total. The van der Waals surface area contributed by atoms with E-state index in [0.29, 0.717) is 10.3 Å². The predicted molar refractivity (Wildman–Crippen MR) is 78.1 cm³/mol. The molecule has 0 saturated heterocycles. The lowest BCUT2D eigenvalue weighted by atomic mass is 9.93. The maximum atomic E-state index is 13.2. The van der Waals surface area contributed by atoms with E-state index in [1.807, 2.05) is 0 Å². The van der Waals surface area contributed by atoms with Gasteiger partial charge in [0.25, 0.3) is 6.43 Å². The van der Waals surface area contributed by atoms with Gasteiger partial charge in [-0.15, -0.1) is 0 Å². The summed E-state index contributed by atoms with van der Waals surface area (Å²) in [6.45, 7) is 0. The van der Waals surface area contributed by atoms with Crippen LogP contribution in [0.4, 0.5) is 8.78 Å². The highest BCUT2D eigenvalue weighted by Crippen LogP contribution is 2.38. The number of alkyl halides is 2. The van der Waals surface area contributed by atoms with E-state index in [-0.39, 0.29) is 11.5 Å². The molecule has 0 spiro atoms. The number of carbonyl (C=O) groups is 1. The molecule has 0 aromatic heterocycles. The van der Waals surface area contributed by atoms with Crippen molar-refractivity contribution in [1.82, 2.24) is 0 Å². The average Bonchev–Trinajstić information content (AvgIpc) is 2.45. The number of carboxylic acid groups (broad SMARTS) is 1. The lowest BCUT2D eigenvalue weighted by Crippen LogP contribution is -2.20. The molecule has 0 heterocycles. The van der Waals surface area contributed by atoms with Crippen LogP contribution in [0.3, 0.4) is 0 Å². The second-order valence-corrected chi connectivity index (χ2v) is 5.36. The monoisotopic (exact) mass is 312 g/mol. The fourth-order valence-corrected chi connectivity index (χ4v) is 3.00. The fraction of sp³-hybridized carbons (Fsp3) is 0.267. The quantitative estimate of drug-likeness (QED) is 0.647. The maximum Gasteiger partial charge on any atom is 0.316 e. The zero-order valence-corrected chi connectivity index (χ0v) is 12.1. The third-order valence-corrected chi connectivity index (χ3v) is 4.11. The third kappa shape index (κ3) is 3.33. The van der Waals surface area contributed by atoms with Crippen LogP contribution in [0, 0.1) is 0 Å². The number of aliphatic carboxylic acids is 1. The molecule has 21 heavy (non-hydrogen) atoms. The van der Waals surface area contributed by atoms with Crippen LogP contribution < -0.4 is 0 Å². The lowest BCUT2D eigenvalue weighted by Gasteiger charge is -2.18. The number of thioether (sulfide) groups is 1. The first-order chi connectivity index (χ1) is 10.1. The highest BCUT2D eigenvalue weighted by atomic mass is 32.2. The summed E-state index contributed by atoms with van der Waals surface area (Å²) in [6.07, 6.45) is -2.98. The van der Waals surface area contributed by atoms with Gasteiger partial charge in [-0.1, -0.05) is 42.1 Å². The highest BCUT2D eigenvalue weighted by Gasteiger charge is 2.33. The van der Waals surface area contributed by atoms with Crippen LogP contribution in [-0.2, 0) is 9.53 Å². The van der Waals surface area contributed by atoms with E-state index in [9.17, 15) is 18.7 Å². The van der Waals surface area contributed by atoms with Gasteiger partial charge in [-0.25, -0.2) is 8.78 Å². The third-order valence-electron chi connectivity index (χ3n) is 3.09. The summed E-state index contributed by atoms with van der Waals surface area (Å²) in [7, 11) is 1.50. The summed E-state index contributed by atoms with van der Waals surface area (Å²) in [5.41, 5.74) is 0.151. The standard InChI is InChI=1S/C15H14F2O3S/c1-20-8-21-11-7-6-9-4-2-3-5-10(9)12(11)13(14(16)17)15(18)19/h2-7,13-14H,8H2,1H3,(H,18,19). The van der Waals surface area contributed by atoms with Crippen LogP contribution in [0.5, 0.6) is 0 Å². The number of carboxylic acids is 1. The van der Waals surface area contributed by atoms with Crippen molar-refractivity contribution >= 4 is 28.5 Å². The Bertz CT molecular complexity index is 646. The normalized spacial score (nSPS) is 12.8. The van der Waals surface area contributed by atoms with Crippen LogP contribution in [0.15, 0.2) is 41.3 Å². The molecule has 2 aromatic carbocycles. The van der Waals surface area contributed by atoms with E-state index in [4.69, 9.17) is 4.74 Å². The molecule has 1 unspecified atom stereocenters. The topological polar surface area (TPSA) is 46.5 Å². The van der Waals surface area contributed by atoms with E-state index < -0.39 is 18.3 Å². The molecular formula is C15H14F2O3S. The minimum absolute atomic E-state index is 0.151. The first-order valence-electron chi connectivity index (χ1n) is 6.20. The van der Waals surface area contributed by atoms with Gasteiger partial charge in [0.1, 0.15) is 5.92 Å². The van der Waals surface area contributed by atoms with Crippen LogP contribution in [0.1, 0.15) is 11.5 Å². The number of ether oxygens (including phenoxy) is 1. The molecule has 0 aliphatic rings. The molecule has 0 aliphatic heterocycles. The molecule has 0 saturated carbocycles. The number of benzene rings is 2. The molecule has 3 nitrogen and oxygen atoms in total. The Morgan fingerprint density at radius 3 is 2.62 bits per heavy atom. The van der Waals surface area contributed by atoms with Gasteiger partial charge in [-0.2, -0.15) is 0 Å². The summed E-state index contributed by atoms with van der Waals surface area (Å²) in [5, 5.41) is 10.5. The van der Waals surface area contributed by atoms with Crippen molar-refractivity contribution in [3.63, 3.8) is 0 Å². The van der Waals surface area contributed by atoms with Crippen molar-refractivity contribution < 1.29 is 23.4 Å². The van der Waals surface area contributed by atoms with Crippen molar-refractivity contribution in [1.29, 1.82) is 0 Å². The number of halogens is 2. The van der Waals surface area contributed by atoms with E-state index in [2.05, 4.69) is 0 Å². The Hall–Kier alpha value is -1.66. The van der Waals surface area contributed by atoms with Crippen molar-refractivity contribution in [3.05, 3.63) is 42.0 Å². The van der Waals surface area contributed by atoms with Gasteiger partial charge in [0.05, 0.1) is 5.94 Å². The fourth-order valence-electron chi connectivity index (χ4n) is 2.20. The Labute approximate surface area is 124 Å². The Balaban J connectivity index is 2.67. The summed E-state index contributed by atoms with van der Waals surface area (Å²) in [6, 6.07) is 10.4. The summed E-state index contributed by atoms with van der Waals surface area (Å²) >= 11 is 1.21. The van der Waals surface area contributed by atoms with Gasteiger partial charge in [-0.3, -0.25) is 4.79 Å². The second-order valence-electron chi connectivity index (χ2n) is 4.40. The lowest BCUT2D eigenvalue weighted by molar-refractivity contribution is -0.142. The molecule has 0 radical (unpaired) electrons. The van der Waals surface area contributed by atoms with Gasteiger partial charge in [0.2, 0.25) is 0 Å². The number of methoxy groups -OCH3 is 1. The Kier molecular flexibility index (Phi) is 5.14. The van der Waals surface area contributed by atoms with E-state index >= 15 is 0 Å². The van der Waals surface area contributed by atoms with Gasteiger partial charge < -0.3 is 9.84 Å². The molecule has 1 atom stereocenters.